The Balaban J connectivity index is 1.30. The lowest BCUT2D eigenvalue weighted by atomic mass is 9.74. The fourth-order valence-corrected chi connectivity index (χ4v) is 6.18. The SMILES string of the molecule is CC(=O)CN1CC2(CCN(C[C@@H]3C[C@@H]4C=C[C@@H]3C4)CC2)c2cc(F)ccc21. The molecule has 144 valence electrons. The number of halogens is 1. The Morgan fingerprint density at radius 3 is 2.70 bits per heavy atom. The van der Waals surface area contributed by atoms with Gasteiger partial charge in [0.05, 0.1) is 6.54 Å². The number of piperidine rings is 1. The van der Waals surface area contributed by atoms with E-state index in [1.165, 1.54) is 25.5 Å². The molecule has 5 rings (SSSR count). The van der Waals surface area contributed by atoms with E-state index in [9.17, 15) is 9.18 Å². The topological polar surface area (TPSA) is 23.6 Å². The van der Waals surface area contributed by atoms with Crippen LogP contribution in [0.25, 0.3) is 0 Å². The summed E-state index contributed by atoms with van der Waals surface area (Å²) < 4.78 is 14.0. The number of rotatable bonds is 4. The summed E-state index contributed by atoms with van der Waals surface area (Å²) in [4.78, 5) is 16.5. The van der Waals surface area contributed by atoms with Gasteiger partial charge in [-0.05, 0) is 87.2 Å². The number of allylic oxidation sites excluding steroid dienone is 2. The molecular formula is C23H29FN2O. The van der Waals surface area contributed by atoms with E-state index in [1.54, 1.807) is 13.0 Å². The standard InChI is InChI=1S/C23H29FN2O/c1-16(27)13-26-15-23(21-12-20(24)4-5-22(21)26)6-8-25(9-7-23)14-19-11-17-2-3-18(19)10-17/h2-5,12,17-19H,6-11,13-15H2,1H3/t17-,18-,19+/m1/s1. The van der Waals surface area contributed by atoms with Gasteiger partial charge in [0.1, 0.15) is 11.6 Å². The van der Waals surface area contributed by atoms with E-state index in [0.717, 1.165) is 61.5 Å². The van der Waals surface area contributed by atoms with Crippen molar-refractivity contribution in [3.63, 3.8) is 0 Å². The largest absolute Gasteiger partial charge is 0.363 e. The van der Waals surface area contributed by atoms with E-state index >= 15 is 0 Å². The number of Topliss-reactive ketones (excluding diaryl/α,β-unsaturated/α-hetero) is 1. The van der Waals surface area contributed by atoms with Crippen molar-refractivity contribution in [2.45, 2.75) is 38.0 Å². The molecule has 2 aliphatic carbocycles. The number of carbonyl (C=O) groups excluding carboxylic acids is 1. The number of fused-ring (bicyclic) bond motifs is 4. The molecule has 4 aliphatic rings. The number of nitrogens with zero attached hydrogens (tertiary/aromatic N) is 2. The number of anilines is 1. The molecule has 1 saturated heterocycles. The molecule has 2 heterocycles. The first kappa shape index (κ1) is 17.4. The van der Waals surface area contributed by atoms with Gasteiger partial charge in [-0.1, -0.05) is 12.2 Å². The Bertz CT molecular complexity index is 781. The highest BCUT2D eigenvalue weighted by Gasteiger charge is 2.45. The second-order valence-electron chi connectivity index (χ2n) is 9.34. The summed E-state index contributed by atoms with van der Waals surface area (Å²) in [5.41, 5.74) is 2.21. The monoisotopic (exact) mass is 368 g/mol. The summed E-state index contributed by atoms with van der Waals surface area (Å²) in [5, 5.41) is 0. The summed E-state index contributed by atoms with van der Waals surface area (Å²) in [6.45, 7) is 6.32. The lowest BCUT2D eigenvalue weighted by molar-refractivity contribution is -0.115. The highest BCUT2D eigenvalue weighted by molar-refractivity contribution is 5.82. The van der Waals surface area contributed by atoms with Crippen LogP contribution in [-0.2, 0) is 10.2 Å². The second kappa shape index (κ2) is 6.44. The van der Waals surface area contributed by atoms with Gasteiger partial charge in [0.2, 0.25) is 0 Å². The molecule has 2 aliphatic heterocycles. The Morgan fingerprint density at radius 2 is 2.04 bits per heavy atom. The minimum absolute atomic E-state index is 0.0119. The molecule has 0 unspecified atom stereocenters. The van der Waals surface area contributed by atoms with Crippen LogP contribution in [0.2, 0.25) is 0 Å². The third kappa shape index (κ3) is 3.02. The zero-order chi connectivity index (χ0) is 18.6. The number of benzene rings is 1. The van der Waals surface area contributed by atoms with Crippen LogP contribution in [0.3, 0.4) is 0 Å². The van der Waals surface area contributed by atoms with Gasteiger partial charge in [-0.2, -0.15) is 0 Å². The van der Waals surface area contributed by atoms with E-state index in [4.69, 9.17) is 0 Å². The number of ketones is 1. The first-order valence-electron chi connectivity index (χ1n) is 10.5. The Labute approximate surface area is 161 Å². The third-order valence-electron chi connectivity index (χ3n) is 7.50. The zero-order valence-corrected chi connectivity index (χ0v) is 16.2. The van der Waals surface area contributed by atoms with Crippen molar-refractivity contribution in [2.75, 3.05) is 37.6 Å². The summed E-state index contributed by atoms with van der Waals surface area (Å²) >= 11 is 0. The Kier molecular flexibility index (Phi) is 4.15. The molecule has 3 nitrogen and oxygen atoms in total. The molecular weight excluding hydrogens is 339 g/mol. The summed E-state index contributed by atoms with van der Waals surface area (Å²) in [7, 11) is 0. The maximum atomic E-state index is 14.0. The minimum Gasteiger partial charge on any atom is -0.363 e. The van der Waals surface area contributed by atoms with Gasteiger partial charge in [0.15, 0.2) is 0 Å². The van der Waals surface area contributed by atoms with E-state index in [0.29, 0.717) is 6.54 Å². The summed E-state index contributed by atoms with van der Waals surface area (Å²) in [6.07, 6.45) is 9.72. The molecule has 1 saturated carbocycles. The van der Waals surface area contributed by atoms with Crippen LogP contribution >= 0.6 is 0 Å². The number of likely N-dealkylation sites (tertiary alicyclic amines) is 1. The van der Waals surface area contributed by atoms with Crippen LogP contribution < -0.4 is 4.90 Å². The molecule has 4 heteroatoms. The van der Waals surface area contributed by atoms with Crippen molar-refractivity contribution < 1.29 is 9.18 Å². The third-order valence-corrected chi connectivity index (χ3v) is 7.50. The molecule has 1 aromatic rings. The molecule has 27 heavy (non-hydrogen) atoms. The van der Waals surface area contributed by atoms with Gasteiger partial charge in [-0.25, -0.2) is 4.39 Å². The van der Waals surface area contributed by atoms with E-state index in [2.05, 4.69) is 22.0 Å². The zero-order valence-electron chi connectivity index (χ0n) is 16.2. The number of hydrogen-bond donors (Lipinski definition) is 0. The normalized spacial score (nSPS) is 31.0. The van der Waals surface area contributed by atoms with Gasteiger partial charge in [-0.15, -0.1) is 0 Å². The highest BCUT2D eigenvalue weighted by atomic mass is 19.1. The minimum atomic E-state index is -0.158. The first-order chi connectivity index (χ1) is 13.0. The molecule has 2 bridgehead atoms. The second-order valence-corrected chi connectivity index (χ2v) is 9.34. The lowest BCUT2D eigenvalue weighted by Gasteiger charge is -2.41. The van der Waals surface area contributed by atoms with Crippen LogP contribution in [0, 0.1) is 23.6 Å². The number of carbonyl (C=O) groups is 1. The quantitative estimate of drug-likeness (QED) is 0.756. The van der Waals surface area contributed by atoms with Crippen molar-refractivity contribution in [3.05, 3.63) is 41.7 Å². The van der Waals surface area contributed by atoms with Crippen molar-refractivity contribution in [2.24, 2.45) is 17.8 Å². The van der Waals surface area contributed by atoms with Crippen LogP contribution in [0.15, 0.2) is 30.4 Å². The van der Waals surface area contributed by atoms with E-state index in [1.807, 2.05) is 6.07 Å². The van der Waals surface area contributed by atoms with Crippen LogP contribution in [-0.4, -0.2) is 43.4 Å². The van der Waals surface area contributed by atoms with Crippen LogP contribution in [0.4, 0.5) is 10.1 Å². The summed E-state index contributed by atoms with van der Waals surface area (Å²) in [5.74, 6) is 2.48. The van der Waals surface area contributed by atoms with Gasteiger partial charge in [0.25, 0.3) is 0 Å². The lowest BCUT2D eigenvalue weighted by Crippen LogP contribution is -2.47. The molecule has 3 atom stereocenters. The van der Waals surface area contributed by atoms with E-state index in [-0.39, 0.29) is 17.0 Å². The van der Waals surface area contributed by atoms with Crippen LogP contribution in [0.5, 0.6) is 0 Å². The smallest absolute Gasteiger partial charge is 0.149 e. The van der Waals surface area contributed by atoms with Crippen molar-refractivity contribution in [1.29, 1.82) is 0 Å². The van der Waals surface area contributed by atoms with Crippen LogP contribution in [0.1, 0.15) is 38.2 Å². The number of hydrogen-bond acceptors (Lipinski definition) is 3. The average Bonchev–Trinajstić information content (AvgIpc) is 3.31. The van der Waals surface area contributed by atoms with Crippen molar-refractivity contribution in [1.82, 2.24) is 4.90 Å². The first-order valence-corrected chi connectivity index (χ1v) is 10.5. The molecule has 1 spiro atoms. The maximum Gasteiger partial charge on any atom is 0.149 e. The molecule has 1 aromatic carbocycles. The fraction of sp³-hybridized carbons (Fsp3) is 0.609. The summed E-state index contributed by atoms with van der Waals surface area (Å²) in [6, 6.07) is 5.13. The fourth-order valence-electron chi connectivity index (χ4n) is 6.18. The Morgan fingerprint density at radius 1 is 1.22 bits per heavy atom. The molecule has 0 amide bonds. The molecule has 0 aromatic heterocycles. The van der Waals surface area contributed by atoms with Gasteiger partial charge < -0.3 is 9.80 Å². The van der Waals surface area contributed by atoms with Gasteiger partial charge >= 0.3 is 0 Å². The van der Waals surface area contributed by atoms with Crippen molar-refractivity contribution in [3.8, 4) is 0 Å². The maximum absolute atomic E-state index is 14.0. The average molecular weight is 368 g/mol. The van der Waals surface area contributed by atoms with Gasteiger partial charge in [-0.3, -0.25) is 4.79 Å². The Hall–Kier alpha value is -1.68. The predicted molar refractivity (Wildman–Crippen MR) is 105 cm³/mol. The molecule has 0 N–H and O–H groups in total. The van der Waals surface area contributed by atoms with E-state index < -0.39 is 0 Å². The van der Waals surface area contributed by atoms with Crippen molar-refractivity contribution >= 4 is 11.5 Å². The molecule has 0 radical (unpaired) electrons. The highest BCUT2D eigenvalue weighted by Crippen LogP contribution is 2.48. The van der Waals surface area contributed by atoms with Gasteiger partial charge in [0, 0.05) is 24.2 Å². The molecule has 2 fully saturated rings. The predicted octanol–water partition coefficient (Wildman–Crippen LogP) is 3.78.